The fourth-order valence-corrected chi connectivity index (χ4v) is 1.53. The highest BCUT2D eigenvalue weighted by atomic mass is 35.5. The van der Waals surface area contributed by atoms with Gasteiger partial charge in [-0.05, 0) is 19.1 Å². The first kappa shape index (κ1) is 13.9. The van der Waals surface area contributed by atoms with Crippen molar-refractivity contribution in [1.82, 2.24) is 5.32 Å². The summed E-state index contributed by atoms with van der Waals surface area (Å²) in [6.07, 6.45) is 0. The van der Waals surface area contributed by atoms with Gasteiger partial charge >= 0.3 is 0 Å². The first-order valence-corrected chi connectivity index (χ1v) is 5.27. The van der Waals surface area contributed by atoms with Gasteiger partial charge in [-0.15, -0.1) is 0 Å². The summed E-state index contributed by atoms with van der Waals surface area (Å²) in [5.74, 6) is -2.77. The minimum Gasteiger partial charge on any atom is -0.383 e. The van der Waals surface area contributed by atoms with Crippen LogP contribution in [0.15, 0.2) is 12.1 Å². The number of nitrogens with one attached hydrogen (secondary N) is 1. The average Bonchev–Trinajstić information content (AvgIpc) is 2.23. The highest BCUT2D eigenvalue weighted by Gasteiger charge is 2.16. The molecule has 94 valence electrons. The van der Waals surface area contributed by atoms with Crippen LogP contribution in [0.3, 0.4) is 0 Å². The number of carbonyl (C=O) groups is 1. The maximum Gasteiger partial charge on any atom is 0.253 e. The summed E-state index contributed by atoms with van der Waals surface area (Å²) in [6, 6.07) is 1.29. The Hall–Kier alpha value is -1.20. The second-order valence-electron chi connectivity index (χ2n) is 3.58. The molecule has 1 unspecified atom stereocenters. The van der Waals surface area contributed by atoms with Crippen LogP contribution in [-0.4, -0.2) is 25.7 Å². The van der Waals surface area contributed by atoms with Gasteiger partial charge in [-0.3, -0.25) is 4.79 Å². The number of benzene rings is 1. The SMILES string of the molecule is COCC(C)NC(=O)c1cc(F)c(F)cc1Cl. The van der Waals surface area contributed by atoms with E-state index < -0.39 is 17.5 Å². The van der Waals surface area contributed by atoms with Gasteiger partial charge in [0.1, 0.15) is 0 Å². The van der Waals surface area contributed by atoms with Crippen molar-refractivity contribution < 1.29 is 18.3 Å². The molecule has 0 spiro atoms. The van der Waals surface area contributed by atoms with Crippen LogP contribution < -0.4 is 5.32 Å². The van der Waals surface area contributed by atoms with E-state index >= 15 is 0 Å². The van der Waals surface area contributed by atoms with Crippen molar-refractivity contribution in [2.75, 3.05) is 13.7 Å². The van der Waals surface area contributed by atoms with Crippen molar-refractivity contribution in [3.8, 4) is 0 Å². The summed E-state index contributed by atoms with van der Waals surface area (Å²) < 4.78 is 30.6. The van der Waals surface area contributed by atoms with Gasteiger partial charge in [0.05, 0.1) is 17.2 Å². The van der Waals surface area contributed by atoms with E-state index in [2.05, 4.69) is 5.32 Å². The summed E-state index contributed by atoms with van der Waals surface area (Å²) in [5.41, 5.74) is -0.103. The zero-order chi connectivity index (χ0) is 13.0. The summed E-state index contributed by atoms with van der Waals surface area (Å²) >= 11 is 5.66. The molecular weight excluding hydrogens is 252 g/mol. The molecule has 0 aliphatic heterocycles. The molecule has 0 saturated carbocycles. The molecule has 17 heavy (non-hydrogen) atoms. The molecule has 0 heterocycles. The van der Waals surface area contributed by atoms with Crippen LogP contribution in [0.2, 0.25) is 5.02 Å². The molecule has 0 aliphatic rings. The Morgan fingerprint density at radius 1 is 1.47 bits per heavy atom. The van der Waals surface area contributed by atoms with E-state index in [1.165, 1.54) is 7.11 Å². The van der Waals surface area contributed by atoms with Gasteiger partial charge in [0.2, 0.25) is 0 Å². The maximum atomic E-state index is 13.0. The van der Waals surface area contributed by atoms with Crippen LogP contribution in [0, 0.1) is 11.6 Å². The first-order chi connectivity index (χ1) is 7.95. The molecule has 0 bridgehead atoms. The molecule has 1 rings (SSSR count). The van der Waals surface area contributed by atoms with E-state index in [4.69, 9.17) is 16.3 Å². The van der Waals surface area contributed by atoms with Crippen molar-refractivity contribution in [2.45, 2.75) is 13.0 Å². The molecule has 0 saturated heterocycles. The molecule has 0 aliphatic carbocycles. The van der Waals surface area contributed by atoms with Crippen LogP contribution in [-0.2, 0) is 4.74 Å². The topological polar surface area (TPSA) is 38.3 Å². The number of halogens is 3. The molecule has 1 atom stereocenters. The highest BCUT2D eigenvalue weighted by Crippen LogP contribution is 2.19. The molecule has 0 fully saturated rings. The smallest absolute Gasteiger partial charge is 0.253 e. The van der Waals surface area contributed by atoms with Gasteiger partial charge in [-0.25, -0.2) is 8.78 Å². The number of hydrogen-bond acceptors (Lipinski definition) is 2. The number of rotatable bonds is 4. The zero-order valence-electron chi connectivity index (χ0n) is 9.39. The van der Waals surface area contributed by atoms with Crippen molar-refractivity contribution in [1.29, 1.82) is 0 Å². The molecule has 1 amide bonds. The standard InChI is InChI=1S/C11H12ClF2NO2/c1-6(5-17-2)15-11(16)7-3-9(13)10(14)4-8(7)12/h3-4,6H,5H2,1-2H3,(H,15,16). The fraction of sp³-hybridized carbons (Fsp3) is 0.364. The number of ether oxygens (including phenoxy) is 1. The van der Waals surface area contributed by atoms with Crippen LogP contribution in [0.5, 0.6) is 0 Å². The Bertz CT molecular complexity index is 426. The Kier molecular flexibility index (Phi) is 4.84. The number of amides is 1. The van der Waals surface area contributed by atoms with Crippen molar-refractivity contribution in [3.05, 3.63) is 34.4 Å². The Morgan fingerprint density at radius 2 is 2.06 bits per heavy atom. The van der Waals surface area contributed by atoms with Crippen LogP contribution in [0.1, 0.15) is 17.3 Å². The lowest BCUT2D eigenvalue weighted by Gasteiger charge is -2.13. The first-order valence-electron chi connectivity index (χ1n) is 4.90. The lowest BCUT2D eigenvalue weighted by molar-refractivity contribution is 0.0905. The maximum absolute atomic E-state index is 13.0. The number of methoxy groups -OCH3 is 1. The minimum absolute atomic E-state index is 0.103. The second-order valence-corrected chi connectivity index (χ2v) is 3.98. The number of carbonyl (C=O) groups excluding carboxylic acids is 1. The van der Waals surface area contributed by atoms with E-state index in [0.717, 1.165) is 12.1 Å². The van der Waals surface area contributed by atoms with Crippen LogP contribution in [0.4, 0.5) is 8.78 Å². The van der Waals surface area contributed by atoms with Crippen molar-refractivity contribution in [3.63, 3.8) is 0 Å². The summed E-state index contributed by atoms with van der Waals surface area (Å²) in [7, 11) is 1.49. The van der Waals surface area contributed by atoms with E-state index in [0.29, 0.717) is 6.61 Å². The number of hydrogen-bond donors (Lipinski definition) is 1. The van der Waals surface area contributed by atoms with Crippen LogP contribution >= 0.6 is 11.6 Å². The fourth-order valence-electron chi connectivity index (χ4n) is 1.29. The molecule has 6 heteroatoms. The third-order valence-corrected chi connectivity index (χ3v) is 2.36. The summed E-state index contributed by atoms with van der Waals surface area (Å²) in [4.78, 5) is 11.7. The monoisotopic (exact) mass is 263 g/mol. The van der Waals surface area contributed by atoms with Crippen molar-refractivity contribution >= 4 is 17.5 Å². The average molecular weight is 264 g/mol. The van der Waals surface area contributed by atoms with E-state index in [1.54, 1.807) is 6.92 Å². The third kappa shape index (κ3) is 3.64. The predicted molar refractivity (Wildman–Crippen MR) is 60.2 cm³/mol. The molecule has 1 N–H and O–H groups in total. The van der Waals surface area contributed by atoms with E-state index in [-0.39, 0.29) is 16.6 Å². The van der Waals surface area contributed by atoms with Gasteiger partial charge < -0.3 is 10.1 Å². The predicted octanol–water partition coefficient (Wildman–Crippen LogP) is 2.38. The molecule has 0 aromatic heterocycles. The Labute approximate surface area is 103 Å². The molecular formula is C11H12ClF2NO2. The van der Waals surface area contributed by atoms with E-state index in [1.807, 2.05) is 0 Å². The van der Waals surface area contributed by atoms with Crippen LogP contribution in [0.25, 0.3) is 0 Å². The largest absolute Gasteiger partial charge is 0.383 e. The normalized spacial score (nSPS) is 12.3. The second kappa shape index (κ2) is 5.93. The quantitative estimate of drug-likeness (QED) is 0.847. The summed E-state index contributed by atoms with van der Waals surface area (Å²) in [6.45, 7) is 2.03. The lowest BCUT2D eigenvalue weighted by atomic mass is 10.2. The molecule has 1 aromatic carbocycles. The van der Waals surface area contributed by atoms with Gasteiger partial charge in [-0.1, -0.05) is 11.6 Å². The molecule has 0 radical (unpaired) electrons. The lowest BCUT2D eigenvalue weighted by Crippen LogP contribution is -2.35. The zero-order valence-corrected chi connectivity index (χ0v) is 10.1. The molecule has 3 nitrogen and oxygen atoms in total. The van der Waals surface area contributed by atoms with Crippen molar-refractivity contribution in [2.24, 2.45) is 0 Å². The minimum atomic E-state index is -1.11. The van der Waals surface area contributed by atoms with Gasteiger partial charge in [0, 0.05) is 13.2 Å². The van der Waals surface area contributed by atoms with E-state index in [9.17, 15) is 13.6 Å². The van der Waals surface area contributed by atoms with Gasteiger partial charge in [0.25, 0.3) is 5.91 Å². The van der Waals surface area contributed by atoms with Gasteiger partial charge in [-0.2, -0.15) is 0 Å². The summed E-state index contributed by atoms with van der Waals surface area (Å²) in [5, 5.41) is 2.41. The third-order valence-electron chi connectivity index (χ3n) is 2.05. The molecule has 1 aromatic rings. The highest BCUT2D eigenvalue weighted by molar-refractivity contribution is 6.33. The Morgan fingerprint density at radius 3 is 2.65 bits per heavy atom. The van der Waals surface area contributed by atoms with Gasteiger partial charge in [0.15, 0.2) is 11.6 Å². The Balaban J connectivity index is 2.86.